The van der Waals surface area contributed by atoms with E-state index in [2.05, 4.69) is 9.97 Å². The monoisotopic (exact) mass is 239 g/mol. The number of rotatable bonds is 7. The van der Waals surface area contributed by atoms with E-state index >= 15 is 0 Å². The number of aromatic nitrogens is 2. The van der Waals surface area contributed by atoms with Gasteiger partial charge in [-0.25, -0.2) is 14.8 Å². The molecule has 0 fully saturated rings. The van der Waals surface area contributed by atoms with E-state index in [1.807, 2.05) is 11.9 Å². The van der Waals surface area contributed by atoms with E-state index in [-0.39, 0.29) is 12.3 Å². The predicted octanol–water partition coefficient (Wildman–Crippen LogP) is 0.774. The largest absolute Gasteiger partial charge is 0.476 e. The Hall–Kier alpha value is -1.69. The minimum Gasteiger partial charge on any atom is -0.476 e. The van der Waals surface area contributed by atoms with Gasteiger partial charge in [0.05, 0.1) is 12.4 Å². The van der Waals surface area contributed by atoms with Crippen LogP contribution in [0, 0.1) is 0 Å². The number of hydrogen-bond donors (Lipinski definition) is 2. The van der Waals surface area contributed by atoms with Crippen molar-refractivity contribution < 1.29 is 15.0 Å². The summed E-state index contributed by atoms with van der Waals surface area (Å²) in [5.41, 5.74) is -0.0533. The number of hydrogen-bond acceptors (Lipinski definition) is 5. The Morgan fingerprint density at radius 2 is 2.06 bits per heavy atom. The number of aromatic carboxylic acids is 1. The maximum Gasteiger partial charge on any atom is 0.356 e. The van der Waals surface area contributed by atoms with Crippen molar-refractivity contribution in [2.24, 2.45) is 0 Å². The fraction of sp³-hybridized carbons (Fsp3) is 0.545. The van der Waals surface area contributed by atoms with E-state index in [9.17, 15) is 4.79 Å². The van der Waals surface area contributed by atoms with Gasteiger partial charge in [-0.2, -0.15) is 0 Å². The second-order valence-corrected chi connectivity index (χ2v) is 3.77. The lowest BCUT2D eigenvalue weighted by atomic mass is 10.2. The quantitative estimate of drug-likeness (QED) is 0.683. The van der Waals surface area contributed by atoms with Crippen LogP contribution in [-0.4, -0.2) is 46.3 Å². The van der Waals surface area contributed by atoms with Gasteiger partial charge in [0, 0.05) is 20.2 Å². The number of anilines is 1. The molecule has 1 heterocycles. The summed E-state index contributed by atoms with van der Waals surface area (Å²) in [7, 11) is 1.88. The number of carbonyl (C=O) groups is 1. The summed E-state index contributed by atoms with van der Waals surface area (Å²) in [4.78, 5) is 20.3. The van der Waals surface area contributed by atoms with Gasteiger partial charge < -0.3 is 15.1 Å². The predicted molar refractivity (Wildman–Crippen MR) is 63.2 cm³/mol. The fourth-order valence-electron chi connectivity index (χ4n) is 1.38. The summed E-state index contributed by atoms with van der Waals surface area (Å²) in [6, 6.07) is 0. The number of carboxylic acid groups (broad SMARTS) is 1. The van der Waals surface area contributed by atoms with Crippen LogP contribution in [0.2, 0.25) is 0 Å². The highest BCUT2D eigenvalue weighted by molar-refractivity contribution is 5.84. The van der Waals surface area contributed by atoms with Crippen molar-refractivity contribution >= 4 is 11.8 Å². The Morgan fingerprint density at radius 3 is 2.59 bits per heavy atom. The molecular weight excluding hydrogens is 222 g/mol. The minimum atomic E-state index is -1.07. The van der Waals surface area contributed by atoms with E-state index in [0.29, 0.717) is 5.82 Å². The minimum absolute atomic E-state index is 0.0533. The third kappa shape index (κ3) is 4.36. The van der Waals surface area contributed by atoms with E-state index in [1.54, 1.807) is 0 Å². The van der Waals surface area contributed by atoms with Gasteiger partial charge in [0.1, 0.15) is 5.82 Å². The smallest absolute Gasteiger partial charge is 0.356 e. The number of carboxylic acids is 1. The standard InChI is InChI=1S/C11H17N3O3/c1-14(5-3-2-4-6-15)10-8-12-9(7-13-10)11(16)17/h7-8,15H,2-6H2,1H3,(H,16,17). The van der Waals surface area contributed by atoms with Crippen LogP contribution in [0.25, 0.3) is 0 Å². The Labute approximate surface area is 99.9 Å². The summed E-state index contributed by atoms with van der Waals surface area (Å²) in [5.74, 6) is -0.423. The third-order valence-electron chi connectivity index (χ3n) is 2.40. The summed E-state index contributed by atoms with van der Waals surface area (Å²) in [5, 5.41) is 17.3. The lowest BCUT2D eigenvalue weighted by Gasteiger charge is -2.17. The van der Waals surface area contributed by atoms with Crippen molar-refractivity contribution in [1.82, 2.24) is 9.97 Å². The van der Waals surface area contributed by atoms with Gasteiger partial charge in [0.15, 0.2) is 5.69 Å². The topological polar surface area (TPSA) is 86.5 Å². The first-order valence-electron chi connectivity index (χ1n) is 5.52. The molecule has 94 valence electrons. The summed E-state index contributed by atoms with van der Waals surface area (Å²) in [6.07, 6.45) is 5.43. The SMILES string of the molecule is CN(CCCCCO)c1cnc(C(=O)O)cn1. The Kier molecular flexibility index (Phi) is 5.35. The van der Waals surface area contributed by atoms with Crippen LogP contribution in [0.5, 0.6) is 0 Å². The number of nitrogens with zero attached hydrogens (tertiary/aromatic N) is 3. The first-order valence-corrected chi connectivity index (χ1v) is 5.52. The highest BCUT2D eigenvalue weighted by Crippen LogP contribution is 2.08. The molecule has 1 aromatic rings. The second-order valence-electron chi connectivity index (χ2n) is 3.77. The molecule has 0 aliphatic heterocycles. The van der Waals surface area contributed by atoms with E-state index in [4.69, 9.17) is 10.2 Å². The highest BCUT2D eigenvalue weighted by Gasteiger charge is 2.07. The lowest BCUT2D eigenvalue weighted by molar-refractivity contribution is 0.0690. The third-order valence-corrected chi connectivity index (χ3v) is 2.40. The van der Waals surface area contributed by atoms with Crippen LogP contribution in [0.3, 0.4) is 0 Å². The molecule has 0 amide bonds. The molecular formula is C11H17N3O3. The molecule has 1 rings (SSSR count). The number of unbranched alkanes of at least 4 members (excludes halogenated alkanes) is 2. The van der Waals surface area contributed by atoms with Crippen molar-refractivity contribution in [3.05, 3.63) is 18.1 Å². The van der Waals surface area contributed by atoms with Crippen LogP contribution < -0.4 is 4.90 Å². The van der Waals surface area contributed by atoms with E-state index in [0.717, 1.165) is 25.8 Å². The second kappa shape index (κ2) is 6.80. The van der Waals surface area contributed by atoms with Gasteiger partial charge in [-0.05, 0) is 19.3 Å². The molecule has 0 atom stereocenters. The maximum atomic E-state index is 10.6. The van der Waals surface area contributed by atoms with E-state index < -0.39 is 5.97 Å². The zero-order valence-electron chi connectivity index (χ0n) is 9.83. The molecule has 0 radical (unpaired) electrons. The van der Waals surface area contributed by atoms with Crippen molar-refractivity contribution in [1.29, 1.82) is 0 Å². The summed E-state index contributed by atoms with van der Waals surface area (Å²) >= 11 is 0. The van der Waals surface area contributed by atoms with Crippen molar-refractivity contribution in [2.45, 2.75) is 19.3 Å². The van der Waals surface area contributed by atoms with Crippen LogP contribution in [0.1, 0.15) is 29.8 Å². The Morgan fingerprint density at radius 1 is 1.29 bits per heavy atom. The van der Waals surface area contributed by atoms with Crippen molar-refractivity contribution in [3.8, 4) is 0 Å². The molecule has 0 saturated heterocycles. The zero-order valence-corrected chi connectivity index (χ0v) is 9.83. The summed E-state index contributed by atoms with van der Waals surface area (Å²) in [6.45, 7) is 1.03. The molecule has 0 aromatic carbocycles. The lowest BCUT2D eigenvalue weighted by Crippen LogP contribution is -2.20. The molecule has 0 aliphatic carbocycles. The van der Waals surface area contributed by atoms with E-state index in [1.165, 1.54) is 12.4 Å². The zero-order chi connectivity index (χ0) is 12.7. The van der Waals surface area contributed by atoms with Crippen LogP contribution in [-0.2, 0) is 0 Å². The molecule has 0 unspecified atom stereocenters. The Bertz CT molecular complexity index is 353. The van der Waals surface area contributed by atoms with Crippen LogP contribution >= 0.6 is 0 Å². The molecule has 1 aromatic heterocycles. The first kappa shape index (κ1) is 13.4. The van der Waals surface area contributed by atoms with Crippen LogP contribution in [0.15, 0.2) is 12.4 Å². The number of aliphatic hydroxyl groups is 1. The van der Waals surface area contributed by atoms with Gasteiger partial charge in [-0.1, -0.05) is 0 Å². The molecule has 0 saturated carbocycles. The molecule has 6 heteroatoms. The molecule has 0 spiro atoms. The van der Waals surface area contributed by atoms with Gasteiger partial charge >= 0.3 is 5.97 Å². The normalized spacial score (nSPS) is 10.2. The van der Waals surface area contributed by atoms with Gasteiger partial charge in [0.2, 0.25) is 0 Å². The molecule has 0 aliphatic rings. The first-order chi connectivity index (χ1) is 8.15. The molecule has 17 heavy (non-hydrogen) atoms. The fourth-order valence-corrected chi connectivity index (χ4v) is 1.38. The molecule has 2 N–H and O–H groups in total. The average molecular weight is 239 g/mol. The number of aliphatic hydroxyl groups excluding tert-OH is 1. The highest BCUT2D eigenvalue weighted by atomic mass is 16.4. The van der Waals surface area contributed by atoms with Gasteiger partial charge in [-0.15, -0.1) is 0 Å². The van der Waals surface area contributed by atoms with Crippen molar-refractivity contribution in [3.63, 3.8) is 0 Å². The molecule has 0 bridgehead atoms. The average Bonchev–Trinajstić information content (AvgIpc) is 2.34. The van der Waals surface area contributed by atoms with Crippen molar-refractivity contribution in [2.75, 3.05) is 25.1 Å². The molecule has 6 nitrogen and oxygen atoms in total. The summed E-state index contributed by atoms with van der Waals surface area (Å²) < 4.78 is 0. The Balaban J connectivity index is 2.46. The van der Waals surface area contributed by atoms with Gasteiger partial charge in [0.25, 0.3) is 0 Å². The van der Waals surface area contributed by atoms with Crippen LogP contribution in [0.4, 0.5) is 5.82 Å². The maximum absolute atomic E-state index is 10.6. The van der Waals surface area contributed by atoms with Gasteiger partial charge in [-0.3, -0.25) is 0 Å².